The van der Waals surface area contributed by atoms with Gasteiger partial charge < -0.3 is 10.1 Å². The number of halogens is 1. The van der Waals surface area contributed by atoms with Gasteiger partial charge in [0.1, 0.15) is 10.6 Å². The predicted octanol–water partition coefficient (Wildman–Crippen LogP) is 2.80. The number of methoxy groups -OCH3 is 1. The lowest BCUT2D eigenvalue weighted by atomic mass is 10.2. The van der Waals surface area contributed by atoms with Crippen molar-refractivity contribution in [1.82, 2.24) is 5.32 Å². The second-order valence-corrected chi connectivity index (χ2v) is 5.94. The van der Waals surface area contributed by atoms with Crippen LogP contribution in [0.25, 0.3) is 0 Å². The van der Waals surface area contributed by atoms with Crippen molar-refractivity contribution in [2.24, 2.45) is 0 Å². The summed E-state index contributed by atoms with van der Waals surface area (Å²) >= 11 is 5.00. The Hall–Kier alpha value is -0.550. The molecule has 3 nitrogen and oxygen atoms in total. The number of carbonyl (C=O) groups is 1. The minimum absolute atomic E-state index is 0.0248. The van der Waals surface area contributed by atoms with Crippen molar-refractivity contribution >= 4 is 33.2 Å². The van der Waals surface area contributed by atoms with E-state index in [1.807, 2.05) is 11.4 Å². The van der Waals surface area contributed by atoms with E-state index >= 15 is 0 Å². The van der Waals surface area contributed by atoms with Gasteiger partial charge in [0, 0.05) is 10.9 Å². The fraction of sp³-hybridized carbons (Fsp3) is 0.545. The first-order valence-electron chi connectivity index (χ1n) is 5.29. The van der Waals surface area contributed by atoms with Gasteiger partial charge in [-0.1, -0.05) is 22.4 Å². The smallest absolute Gasteiger partial charge is 0.265 e. The molecule has 5 heteroatoms. The van der Waals surface area contributed by atoms with Crippen molar-refractivity contribution in [3.8, 4) is 5.75 Å². The molecule has 1 aliphatic rings. The molecule has 0 saturated heterocycles. The molecule has 1 aliphatic carbocycles. The van der Waals surface area contributed by atoms with Crippen LogP contribution in [0.1, 0.15) is 28.9 Å². The van der Waals surface area contributed by atoms with Crippen LogP contribution in [0, 0.1) is 0 Å². The summed E-state index contributed by atoms with van der Waals surface area (Å²) in [4.78, 5) is 13.1. The standard InChI is InChI=1S/C11H14BrNO2S/c1-15-9-5-6-16-10(9)11(14)13-8-4-2-3-7(8)12/h5-8H,2-4H2,1H3,(H,13,14). The molecule has 1 heterocycles. The maximum Gasteiger partial charge on any atom is 0.265 e. The molecule has 0 aliphatic heterocycles. The molecule has 88 valence electrons. The van der Waals surface area contributed by atoms with E-state index in [1.54, 1.807) is 7.11 Å². The normalized spacial score (nSPS) is 24.4. The summed E-state index contributed by atoms with van der Waals surface area (Å²) < 4.78 is 5.14. The van der Waals surface area contributed by atoms with E-state index in [0.717, 1.165) is 12.8 Å². The first kappa shape index (κ1) is 11.9. The number of ether oxygens (including phenoxy) is 1. The lowest BCUT2D eigenvalue weighted by Gasteiger charge is -2.15. The van der Waals surface area contributed by atoms with Crippen LogP contribution in [0.4, 0.5) is 0 Å². The number of rotatable bonds is 3. The Morgan fingerprint density at radius 1 is 1.62 bits per heavy atom. The number of nitrogens with one attached hydrogen (secondary N) is 1. The van der Waals surface area contributed by atoms with E-state index in [-0.39, 0.29) is 11.9 Å². The minimum Gasteiger partial charge on any atom is -0.495 e. The van der Waals surface area contributed by atoms with E-state index < -0.39 is 0 Å². The van der Waals surface area contributed by atoms with Crippen molar-refractivity contribution < 1.29 is 9.53 Å². The molecule has 0 bridgehead atoms. The highest BCUT2D eigenvalue weighted by Crippen LogP contribution is 2.28. The first-order chi connectivity index (χ1) is 7.72. The molecule has 1 N–H and O–H groups in total. The fourth-order valence-corrected chi connectivity index (χ4v) is 3.42. The Morgan fingerprint density at radius 2 is 2.44 bits per heavy atom. The van der Waals surface area contributed by atoms with Gasteiger partial charge in [-0.05, 0) is 24.3 Å². The third-order valence-corrected chi connectivity index (χ3v) is 4.79. The first-order valence-corrected chi connectivity index (χ1v) is 7.08. The molecule has 0 spiro atoms. The predicted molar refractivity (Wildman–Crippen MR) is 68.7 cm³/mol. The summed E-state index contributed by atoms with van der Waals surface area (Å²) in [5, 5.41) is 4.92. The lowest BCUT2D eigenvalue weighted by molar-refractivity contribution is 0.0940. The Morgan fingerprint density at radius 3 is 3.06 bits per heavy atom. The van der Waals surface area contributed by atoms with E-state index in [1.165, 1.54) is 17.8 Å². The molecule has 1 aromatic rings. The molecule has 2 rings (SSSR count). The van der Waals surface area contributed by atoms with Crippen molar-refractivity contribution in [2.45, 2.75) is 30.1 Å². The van der Waals surface area contributed by atoms with E-state index in [0.29, 0.717) is 15.5 Å². The quantitative estimate of drug-likeness (QED) is 0.872. The zero-order valence-corrected chi connectivity index (χ0v) is 11.4. The number of hydrogen-bond donors (Lipinski definition) is 1. The van der Waals surface area contributed by atoms with Crippen molar-refractivity contribution in [3.63, 3.8) is 0 Å². The van der Waals surface area contributed by atoms with Gasteiger partial charge in [-0.15, -0.1) is 11.3 Å². The van der Waals surface area contributed by atoms with Crippen LogP contribution in [-0.4, -0.2) is 23.9 Å². The zero-order chi connectivity index (χ0) is 11.5. The number of hydrogen-bond acceptors (Lipinski definition) is 3. The second kappa shape index (κ2) is 5.19. The average Bonchev–Trinajstić information content (AvgIpc) is 2.87. The molecule has 0 aromatic carbocycles. The maximum absolute atomic E-state index is 12.0. The zero-order valence-electron chi connectivity index (χ0n) is 9.03. The van der Waals surface area contributed by atoms with E-state index in [4.69, 9.17) is 4.74 Å². The fourth-order valence-electron chi connectivity index (χ4n) is 1.94. The molecular weight excluding hydrogens is 290 g/mol. The number of alkyl halides is 1. The highest BCUT2D eigenvalue weighted by atomic mass is 79.9. The molecule has 2 atom stereocenters. The highest BCUT2D eigenvalue weighted by Gasteiger charge is 2.27. The van der Waals surface area contributed by atoms with Gasteiger partial charge >= 0.3 is 0 Å². The Kier molecular flexibility index (Phi) is 3.86. The Labute approximate surface area is 107 Å². The van der Waals surface area contributed by atoms with Crippen molar-refractivity contribution in [2.75, 3.05) is 7.11 Å². The van der Waals surface area contributed by atoms with Crippen LogP contribution in [-0.2, 0) is 0 Å². The maximum atomic E-state index is 12.0. The molecular formula is C11H14BrNO2S. The van der Waals surface area contributed by atoms with Crippen LogP contribution in [0.2, 0.25) is 0 Å². The molecule has 1 amide bonds. The van der Waals surface area contributed by atoms with Crippen LogP contribution in [0.3, 0.4) is 0 Å². The van der Waals surface area contributed by atoms with Crippen LogP contribution >= 0.6 is 27.3 Å². The largest absolute Gasteiger partial charge is 0.495 e. The van der Waals surface area contributed by atoms with Gasteiger partial charge in [-0.2, -0.15) is 0 Å². The molecule has 1 saturated carbocycles. The third kappa shape index (κ3) is 2.40. The number of amides is 1. The van der Waals surface area contributed by atoms with Gasteiger partial charge in [0.05, 0.1) is 7.11 Å². The SMILES string of the molecule is COc1ccsc1C(=O)NC1CCCC1Br. The average molecular weight is 304 g/mol. The summed E-state index contributed by atoms with van der Waals surface area (Å²) in [5.41, 5.74) is 0. The second-order valence-electron chi connectivity index (χ2n) is 3.84. The van der Waals surface area contributed by atoms with Crippen molar-refractivity contribution in [1.29, 1.82) is 0 Å². The molecule has 2 unspecified atom stereocenters. The number of thiophene rings is 1. The monoisotopic (exact) mass is 303 g/mol. The summed E-state index contributed by atoms with van der Waals surface area (Å²) in [5.74, 6) is 0.634. The van der Waals surface area contributed by atoms with Gasteiger partial charge in [-0.25, -0.2) is 0 Å². The third-order valence-electron chi connectivity index (χ3n) is 2.80. The highest BCUT2D eigenvalue weighted by molar-refractivity contribution is 9.09. The molecule has 1 aromatic heterocycles. The molecule has 16 heavy (non-hydrogen) atoms. The summed E-state index contributed by atoms with van der Waals surface area (Å²) in [6.07, 6.45) is 3.35. The minimum atomic E-state index is -0.0248. The summed E-state index contributed by atoms with van der Waals surface area (Å²) in [6.45, 7) is 0. The summed E-state index contributed by atoms with van der Waals surface area (Å²) in [7, 11) is 1.59. The van der Waals surface area contributed by atoms with Gasteiger partial charge in [-0.3, -0.25) is 4.79 Å². The molecule has 1 fully saturated rings. The number of carbonyl (C=O) groups excluding carboxylic acids is 1. The van der Waals surface area contributed by atoms with Gasteiger partial charge in [0.2, 0.25) is 0 Å². The summed E-state index contributed by atoms with van der Waals surface area (Å²) in [6, 6.07) is 2.07. The molecule has 0 radical (unpaired) electrons. The topological polar surface area (TPSA) is 38.3 Å². The Balaban J connectivity index is 2.02. The van der Waals surface area contributed by atoms with Crippen molar-refractivity contribution in [3.05, 3.63) is 16.3 Å². The lowest BCUT2D eigenvalue weighted by Crippen LogP contribution is -2.37. The van der Waals surface area contributed by atoms with Crippen LogP contribution in [0.5, 0.6) is 5.75 Å². The van der Waals surface area contributed by atoms with Crippen LogP contribution < -0.4 is 10.1 Å². The van der Waals surface area contributed by atoms with Gasteiger partial charge in [0.25, 0.3) is 5.91 Å². The van der Waals surface area contributed by atoms with E-state index in [2.05, 4.69) is 21.2 Å². The van der Waals surface area contributed by atoms with Gasteiger partial charge in [0.15, 0.2) is 0 Å². The van der Waals surface area contributed by atoms with E-state index in [9.17, 15) is 4.79 Å². The Bertz CT molecular complexity index is 380. The van der Waals surface area contributed by atoms with Crippen LogP contribution in [0.15, 0.2) is 11.4 Å².